The van der Waals surface area contributed by atoms with Crippen LogP contribution in [0.25, 0.3) is 0 Å². The Morgan fingerprint density at radius 1 is 1.30 bits per heavy atom. The Kier molecular flexibility index (Phi) is 6.67. The first-order valence-electron chi connectivity index (χ1n) is 6.51. The normalized spacial score (nSPS) is 11.9. The second kappa shape index (κ2) is 8.01. The maximum absolute atomic E-state index is 12.2. The zero-order valence-corrected chi connectivity index (χ0v) is 13.1. The van der Waals surface area contributed by atoms with Crippen LogP contribution in [0.1, 0.15) is 25.3 Å². The molecule has 6 heteroatoms. The van der Waals surface area contributed by atoms with Crippen molar-refractivity contribution in [3.63, 3.8) is 0 Å². The third-order valence-electron chi connectivity index (χ3n) is 2.86. The SMILES string of the molecule is CCC[C@@H](N)C(=O)N(CC(N)=O)Cc1ccc(Br)cc1. The van der Waals surface area contributed by atoms with Gasteiger partial charge in [-0.15, -0.1) is 0 Å². The van der Waals surface area contributed by atoms with Gasteiger partial charge in [0.2, 0.25) is 11.8 Å². The van der Waals surface area contributed by atoms with Crippen LogP contribution in [0.15, 0.2) is 28.7 Å². The predicted octanol–water partition coefficient (Wildman–Crippen LogP) is 1.39. The van der Waals surface area contributed by atoms with Crippen LogP contribution in [0.5, 0.6) is 0 Å². The first-order chi connectivity index (χ1) is 9.43. The molecule has 0 aliphatic carbocycles. The van der Waals surface area contributed by atoms with E-state index in [0.29, 0.717) is 13.0 Å². The van der Waals surface area contributed by atoms with Crippen molar-refractivity contribution in [2.24, 2.45) is 11.5 Å². The number of benzene rings is 1. The van der Waals surface area contributed by atoms with Crippen molar-refractivity contribution in [3.8, 4) is 0 Å². The molecule has 20 heavy (non-hydrogen) atoms. The van der Waals surface area contributed by atoms with Gasteiger partial charge in [-0.3, -0.25) is 9.59 Å². The van der Waals surface area contributed by atoms with Gasteiger partial charge in [0.1, 0.15) is 0 Å². The number of nitrogens with zero attached hydrogens (tertiary/aromatic N) is 1. The molecule has 1 aromatic carbocycles. The molecule has 0 saturated heterocycles. The topological polar surface area (TPSA) is 89.4 Å². The van der Waals surface area contributed by atoms with Gasteiger partial charge in [0.15, 0.2) is 0 Å². The predicted molar refractivity (Wildman–Crippen MR) is 81.6 cm³/mol. The summed E-state index contributed by atoms with van der Waals surface area (Å²) in [5.41, 5.74) is 12.0. The number of primary amides is 1. The summed E-state index contributed by atoms with van der Waals surface area (Å²) in [6.45, 7) is 2.17. The van der Waals surface area contributed by atoms with E-state index in [0.717, 1.165) is 16.5 Å². The number of rotatable bonds is 7. The average Bonchev–Trinajstić information content (AvgIpc) is 2.39. The Balaban J connectivity index is 2.80. The van der Waals surface area contributed by atoms with Crippen LogP contribution in [0.4, 0.5) is 0 Å². The second-order valence-electron chi connectivity index (χ2n) is 4.68. The number of hydrogen-bond donors (Lipinski definition) is 2. The molecule has 110 valence electrons. The number of hydrogen-bond acceptors (Lipinski definition) is 3. The third-order valence-corrected chi connectivity index (χ3v) is 3.39. The van der Waals surface area contributed by atoms with Crippen LogP contribution in [-0.4, -0.2) is 29.3 Å². The minimum atomic E-state index is -0.588. The molecule has 0 unspecified atom stereocenters. The number of carbonyl (C=O) groups excluding carboxylic acids is 2. The van der Waals surface area contributed by atoms with E-state index >= 15 is 0 Å². The summed E-state index contributed by atoms with van der Waals surface area (Å²) in [6.07, 6.45) is 1.41. The van der Waals surface area contributed by atoms with E-state index in [9.17, 15) is 9.59 Å². The molecule has 1 rings (SSSR count). The molecule has 0 heterocycles. The molecule has 4 N–H and O–H groups in total. The number of carbonyl (C=O) groups is 2. The van der Waals surface area contributed by atoms with E-state index in [4.69, 9.17) is 11.5 Å². The largest absolute Gasteiger partial charge is 0.368 e. The number of halogens is 1. The summed E-state index contributed by atoms with van der Waals surface area (Å²) in [6, 6.07) is 6.95. The smallest absolute Gasteiger partial charge is 0.240 e. The summed E-state index contributed by atoms with van der Waals surface area (Å²) < 4.78 is 0.955. The van der Waals surface area contributed by atoms with Gasteiger partial charge in [0.25, 0.3) is 0 Å². The molecule has 0 saturated carbocycles. The number of amides is 2. The Hall–Kier alpha value is -1.40. The lowest BCUT2D eigenvalue weighted by molar-refractivity contribution is -0.137. The van der Waals surface area contributed by atoms with E-state index in [1.165, 1.54) is 4.90 Å². The van der Waals surface area contributed by atoms with Crippen LogP contribution < -0.4 is 11.5 Å². The van der Waals surface area contributed by atoms with Crippen molar-refractivity contribution in [2.45, 2.75) is 32.4 Å². The molecular weight excluding hydrogens is 322 g/mol. The summed E-state index contributed by atoms with van der Waals surface area (Å²) in [5.74, 6) is -0.785. The molecule has 2 amide bonds. The fourth-order valence-electron chi connectivity index (χ4n) is 1.88. The quantitative estimate of drug-likeness (QED) is 0.785. The molecule has 0 fully saturated rings. The lowest BCUT2D eigenvalue weighted by Crippen LogP contribution is -2.46. The highest BCUT2D eigenvalue weighted by atomic mass is 79.9. The van der Waals surface area contributed by atoms with Gasteiger partial charge in [0.05, 0.1) is 12.6 Å². The van der Waals surface area contributed by atoms with E-state index in [1.807, 2.05) is 31.2 Å². The average molecular weight is 342 g/mol. The van der Waals surface area contributed by atoms with Crippen molar-refractivity contribution in [3.05, 3.63) is 34.3 Å². The molecule has 0 aliphatic heterocycles. The Morgan fingerprint density at radius 3 is 2.40 bits per heavy atom. The Bertz CT molecular complexity index is 462. The van der Waals surface area contributed by atoms with Crippen LogP contribution in [0.2, 0.25) is 0 Å². The van der Waals surface area contributed by atoms with E-state index < -0.39 is 11.9 Å². The van der Waals surface area contributed by atoms with Gasteiger partial charge in [-0.05, 0) is 24.1 Å². The summed E-state index contributed by atoms with van der Waals surface area (Å²) in [5, 5.41) is 0. The molecule has 1 atom stereocenters. The first-order valence-corrected chi connectivity index (χ1v) is 7.30. The molecule has 1 aromatic rings. The lowest BCUT2D eigenvalue weighted by Gasteiger charge is -2.24. The van der Waals surface area contributed by atoms with Gasteiger partial charge in [-0.25, -0.2) is 0 Å². The minimum Gasteiger partial charge on any atom is -0.368 e. The Morgan fingerprint density at radius 2 is 1.90 bits per heavy atom. The highest BCUT2D eigenvalue weighted by Crippen LogP contribution is 2.13. The van der Waals surface area contributed by atoms with Gasteiger partial charge >= 0.3 is 0 Å². The third kappa shape index (κ3) is 5.30. The summed E-state index contributed by atoms with van der Waals surface area (Å²) in [7, 11) is 0. The van der Waals surface area contributed by atoms with E-state index in [2.05, 4.69) is 15.9 Å². The zero-order chi connectivity index (χ0) is 15.1. The molecule has 0 aliphatic rings. The fourth-order valence-corrected chi connectivity index (χ4v) is 2.14. The highest BCUT2D eigenvalue weighted by Gasteiger charge is 2.21. The van der Waals surface area contributed by atoms with Crippen LogP contribution in [-0.2, 0) is 16.1 Å². The minimum absolute atomic E-state index is 0.119. The first kappa shape index (κ1) is 16.7. The second-order valence-corrected chi connectivity index (χ2v) is 5.60. The maximum atomic E-state index is 12.2. The molecule has 0 spiro atoms. The van der Waals surface area contributed by atoms with Crippen molar-refractivity contribution in [1.29, 1.82) is 0 Å². The van der Waals surface area contributed by atoms with E-state index in [1.54, 1.807) is 0 Å². The standard InChI is InChI=1S/C14H20BrN3O2/c1-2-3-12(16)14(20)18(9-13(17)19)8-10-4-6-11(15)7-5-10/h4-7,12H,2-3,8-9,16H2,1H3,(H2,17,19)/t12-/m1/s1. The van der Waals surface area contributed by atoms with E-state index in [-0.39, 0.29) is 12.5 Å². The van der Waals surface area contributed by atoms with Crippen molar-refractivity contribution in [2.75, 3.05) is 6.54 Å². The molecule has 5 nitrogen and oxygen atoms in total. The maximum Gasteiger partial charge on any atom is 0.240 e. The van der Waals surface area contributed by atoms with Crippen LogP contribution in [0.3, 0.4) is 0 Å². The molecular formula is C14H20BrN3O2. The lowest BCUT2D eigenvalue weighted by atomic mass is 10.1. The van der Waals surface area contributed by atoms with Crippen LogP contribution in [0, 0.1) is 0 Å². The van der Waals surface area contributed by atoms with Crippen molar-refractivity contribution < 1.29 is 9.59 Å². The monoisotopic (exact) mass is 341 g/mol. The van der Waals surface area contributed by atoms with Crippen LogP contribution >= 0.6 is 15.9 Å². The Labute approximate surface area is 127 Å². The van der Waals surface area contributed by atoms with Gasteiger partial charge in [-0.2, -0.15) is 0 Å². The van der Waals surface area contributed by atoms with Crippen molar-refractivity contribution in [1.82, 2.24) is 4.90 Å². The van der Waals surface area contributed by atoms with Gasteiger partial charge in [0, 0.05) is 11.0 Å². The summed E-state index contributed by atoms with van der Waals surface area (Å²) in [4.78, 5) is 24.8. The fraction of sp³-hybridized carbons (Fsp3) is 0.429. The summed E-state index contributed by atoms with van der Waals surface area (Å²) >= 11 is 3.35. The number of nitrogens with two attached hydrogens (primary N) is 2. The van der Waals surface area contributed by atoms with Gasteiger partial charge < -0.3 is 16.4 Å². The molecule has 0 aromatic heterocycles. The zero-order valence-electron chi connectivity index (χ0n) is 11.5. The highest BCUT2D eigenvalue weighted by molar-refractivity contribution is 9.10. The van der Waals surface area contributed by atoms with Gasteiger partial charge in [-0.1, -0.05) is 41.4 Å². The molecule has 0 bridgehead atoms. The molecule has 0 radical (unpaired) electrons. The van der Waals surface area contributed by atoms with Crippen molar-refractivity contribution >= 4 is 27.7 Å².